The fourth-order valence-corrected chi connectivity index (χ4v) is 2.86. The van der Waals surface area contributed by atoms with Gasteiger partial charge in [0.25, 0.3) is 5.91 Å². The van der Waals surface area contributed by atoms with Gasteiger partial charge in [0.2, 0.25) is 0 Å². The van der Waals surface area contributed by atoms with E-state index in [2.05, 4.69) is 27.6 Å². The maximum Gasteiger partial charge on any atom is 0.255 e. The van der Waals surface area contributed by atoms with Crippen LogP contribution in [0.1, 0.15) is 21.1 Å². The van der Waals surface area contributed by atoms with E-state index >= 15 is 0 Å². The molecule has 1 heterocycles. The average Bonchev–Trinajstić information content (AvgIpc) is 2.74. The fourth-order valence-electron chi connectivity index (χ4n) is 1.64. The highest BCUT2D eigenvalue weighted by molar-refractivity contribution is 14.1. The van der Waals surface area contributed by atoms with E-state index in [1.807, 2.05) is 36.6 Å². The normalized spacial score (nSPS) is 10.4. The lowest BCUT2D eigenvalue weighted by Crippen LogP contribution is -2.27. The summed E-state index contributed by atoms with van der Waals surface area (Å²) in [5.74, 6) is 0.0330. The molecule has 0 aliphatic rings. The van der Waals surface area contributed by atoms with Gasteiger partial charge >= 0.3 is 0 Å². The number of benzene rings is 1. The predicted octanol–water partition coefficient (Wildman–Crippen LogP) is 3.33. The summed E-state index contributed by atoms with van der Waals surface area (Å²) < 4.78 is 0.974. The van der Waals surface area contributed by atoms with E-state index in [1.54, 1.807) is 23.3 Å². The molecule has 1 amide bonds. The van der Waals surface area contributed by atoms with E-state index in [0.29, 0.717) is 6.54 Å². The summed E-state index contributed by atoms with van der Waals surface area (Å²) in [7, 11) is 1.81. The molecule has 0 N–H and O–H groups in total. The topological polar surface area (TPSA) is 33.2 Å². The molecule has 0 aliphatic heterocycles. The first-order chi connectivity index (χ1) is 8.58. The molecule has 3 nitrogen and oxygen atoms in total. The Labute approximate surface area is 124 Å². The van der Waals surface area contributed by atoms with Crippen molar-refractivity contribution in [1.29, 1.82) is 0 Å². The van der Waals surface area contributed by atoms with E-state index in [9.17, 15) is 4.79 Å². The minimum Gasteiger partial charge on any atom is -0.336 e. The zero-order valence-electron chi connectivity index (χ0n) is 10.2. The highest BCUT2D eigenvalue weighted by atomic mass is 127. The molecule has 0 saturated carbocycles. The van der Waals surface area contributed by atoms with E-state index in [0.717, 1.165) is 19.8 Å². The van der Waals surface area contributed by atoms with E-state index in [4.69, 9.17) is 0 Å². The average molecular weight is 372 g/mol. The third-order valence-electron chi connectivity index (χ3n) is 2.52. The Morgan fingerprint density at radius 3 is 2.78 bits per heavy atom. The molecular formula is C13H13IN2OS. The lowest BCUT2D eigenvalue weighted by molar-refractivity contribution is 0.0782. The molecule has 0 saturated heterocycles. The van der Waals surface area contributed by atoms with Crippen LogP contribution in [0, 0.1) is 10.5 Å². The standard InChI is InChI=1S/C13H13IN2OS/c1-9-15-10(8-18-9)7-16(2)13(17)11-5-3-4-6-12(11)14/h3-6,8H,7H2,1-2H3. The fraction of sp³-hybridized carbons (Fsp3) is 0.231. The molecule has 0 aliphatic carbocycles. The second-order valence-electron chi connectivity index (χ2n) is 4.00. The number of halogens is 1. The molecule has 2 aromatic rings. The van der Waals surface area contributed by atoms with Crippen molar-refractivity contribution in [3.63, 3.8) is 0 Å². The first-order valence-electron chi connectivity index (χ1n) is 5.49. The number of hydrogen-bond acceptors (Lipinski definition) is 3. The maximum absolute atomic E-state index is 12.3. The van der Waals surface area contributed by atoms with Crippen LogP contribution in [0.15, 0.2) is 29.6 Å². The lowest BCUT2D eigenvalue weighted by atomic mass is 10.2. The van der Waals surface area contributed by atoms with Gasteiger partial charge in [-0.2, -0.15) is 0 Å². The summed E-state index contributed by atoms with van der Waals surface area (Å²) in [4.78, 5) is 18.3. The van der Waals surface area contributed by atoms with Crippen LogP contribution in [0.25, 0.3) is 0 Å². The molecule has 0 unspecified atom stereocenters. The van der Waals surface area contributed by atoms with Gasteiger partial charge in [0, 0.05) is 16.0 Å². The summed E-state index contributed by atoms with van der Waals surface area (Å²) in [5, 5.41) is 3.02. The molecule has 1 aromatic carbocycles. The van der Waals surface area contributed by atoms with Crippen molar-refractivity contribution in [2.75, 3.05) is 7.05 Å². The van der Waals surface area contributed by atoms with Gasteiger partial charge < -0.3 is 4.90 Å². The SMILES string of the molecule is Cc1nc(CN(C)C(=O)c2ccccc2I)cs1. The van der Waals surface area contributed by atoms with Gasteiger partial charge in [0.15, 0.2) is 0 Å². The Bertz CT molecular complexity index is 568. The summed E-state index contributed by atoms with van der Waals surface area (Å²) in [6, 6.07) is 7.61. The first-order valence-corrected chi connectivity index (χ1v) is 7.45. The molecule has 0 bridgehead atoms. The second kappa shape index (κ2) is 5.79. The Morgan fingerprint density at radius 2 is 2.17 bits per heavy atom. The molecule has 18 heavy (non-hydrogen) atoms. The quantitative estimate of drug-likeness (QED) is 0.775. The van der Waals surface area contributed by atoms with Crippen molar-refractivity contribution in [1.82, 2.24) is 9.88 Å². The molecule has 0 fully saturated rings. The van der Waals surface area contributed by atoms with Gasteiger partial charge in [-0.15, -0.1) is 11.3 Å². The van der Waals surface area contributed by atoms with E-state index < -0.39 is 0 Å². The number of aryl methyl sites for hydroxylation is 1. The molecule has 0 radical (unpaired) electrons. The van der Waals surface area contributed by atoms with Crippen LogP contribution in [0.3, 0.4) is 0 Å². The third-order valence-corrected chi connectivity index (χ3v) is 4.28. The number of amides is 1. The van der Waals surface area contributed by atoms with Gasteiger partial charge in [-0.25, -0.2) is 4.98 Å². The molecular weight excluding hydrogens is 359 g/mol. The van der Waals surface area contributed by atoms with Crippen molar-refractivity contribution in [2.24, 2.45) is 0 Å². The zero-order chi connectivity index (χ0) is 13.1. The largest absolute Gasteiger partial charge is 0.336 e. The predicted molar refractivity (Wildman–Crippen MR) is 81.8 cm³/mol. The first kappa shape index (κ1) is 13.5. The van der Waals surface area contributed by atoms with Crippen LogP contribution < -0.4 is 0 Å². The number of carbonyl (C=O) groups is 1. The van der Waals surface area contributed by atoms with Crippen LogP contribution in [0.4, 0.5) is 0 Å². The minimum atomic E-state index is 0.0330. The molecule has 0 atom stereocenters. The monoisotopic (exact) mass is 372 g/mol. The van der Waals surface area contributed by atoms with Gasteiger partial charge in [-0.05, 0) is 41.6 Å². The number of carbonyl (C=O) groups excluding carboxylic acids is 1. The zero-order valence-corrected chi connectivity index (χ0v) is 13.2. The molecule has 94 valence electrons. The van der Waals surface area contributed by atoms with Crippen molar-refractivity contribution >= 4 is 39.8 Å². The smallest absolute Gasteiger partial charge is 0.255 e. The van der Waals surface area contributed by atoms with Gasteiger partial charge in [0.05, 0.1) is 22.8 Å². The van der Waals surface area contributed by atoms with Crippen molar-refractivity contribution < 1.29 is 4.79 Å². The Balaban J connectivity index is 2.12. The van der Waals surface area contributed by atoms with Crippen molar-refractivity contribution in [2.45, 2.75) is 13.5 Å². The number of thiazole rings is 1. The summed E-state index contributed by atoms with van der Waals surface area (Å²) in [6.07, 6.45) is 0. The van der Waals surface area contributed by atoms with Gasteiger partial charge in [-0.1, -0.05) is 12.1 Å². The van der Waals surface area contributed by atoms with Crippen LogP contribution in [-0.4, -0.2) is 22.8 Å². The lowest BCUT2D eigenvalue weighted by Gasteiger charge is -2.16. The van der Waals surface area contributed by atoms with Gasteiger partial charge in [-0.3, -0.25) is 4.79 Å². The van der Waals surface area contributed by atoms with Crippen LogP contribution in [0.2, 0.25) is 0 Å². The summed E-state index contributed by atoms with van der Waals surface area (Å²) >= 11 is 3.79. The summed E-state index contributed by atoms with van der Waals surface area (Å²) in [6.45, 7) is 2.52. The second-order valence-corrected chi connectivity index (χ2v) is 6.22. The van der Waals surface area contributed by atoms with Crippen molar-refractivity contribution in [3.05, 3.63) is 49.5 Å². The van der Waals surface area contributed by atoms with E-state index in [-0.39, 0.29) is 5.91 Å². The summed E-state index contributed by atoms with van der Waals surface area (Å²) in [5.41, 5.74) is 1.69. The molecule has 0 spiro atoms. The molecule has 2 rings (SSSR count). The highest BCUT2D eigenvalue weighted by Gasteiger charge is 2.15. The Kier molecular flexibility index (Phi) is 4.34. The highest BCUT2D eigenvalue weighted by Crippen LogP contribution is 2.15. The van der Waals surface area contributed by atoms with Crippen LogP contribution >= 0.6 is 33.9 Å². The van der Waals surface area contributed by atoms with E-state index in [1.165, 1.54) is 0 Å². The number of aromatic nitrogens is 1. The van der Waals surface area contributed by atoms with Crippen LogP contribution in [-0.2, 0) is 6.54 Å². The van der Waals surface area contributed by atoms with Crippen LogP contribution in [0.5, 0.6) is 0 Å². The maximum atomic E-state index is 12.3. The third kappa shape index (κ3) is 3.08. The Hall–Kier alpha value is -0.950. The minimum absolute atomic E-state index is 0.0330. The number of hydrogen-bond donors (Lipinski definition) is 0. The Morgan fingerprint density at radius 1 is 1.44 bits per heavy atom. The number of nitrogens with zero attached hydrogens (tertiary/aromatic N) is 2. The molecule has 1 aromatic heterocycles. The van der Waals surface area contributed by atoms with Gasteiger partial charge in [0.1, 0.15) is 0 Å². The number of rotatable bonds is 3. The van der Waals surface area contributed by atoms with Crippen molar-refractivity contribution in [3.8, 4) is 0 Å². The molecule has 5 heteroatoms.